The summed E-state index contributed by atoms with van der Waals surface area (Å²) in [6.45, 7) is 3.56. The van der Waals surface area contributed by atoms with E-state index in [0.717, 1.165) is 23.3 Å². The van der Waals surface area contributed by atoms with Gasteiger partial charge in [0.15, 0.2) is 0 Å². The van der Waals surface area contributed by atoms with E-state index in [1.54, 1.807) is 33.1 Å². The molecule has 110 valence electrons. The maximum atomic E-state index is 13.6. The number of halogens is 2. The van der Waals surface area contributed by atoms with Crippen LogP contribution >= 0.6 is 0 Å². The minimum atomic E-state index is -0.892. The molecule has 0 bridgehead atoms. The molecule has 21 heavy (non-hydrogen) atoms. The average Bonchev–Trinajstić information content (AvgIpc) is 2.42. The summed E-state index contributed by atoms with van der Waals surface area (Å²) in [5.74, 6) is -1.95. The van der Waals surface area contributed by atoms with Gasteiger partial charge in [-0.05, 0) is 49.2 Å². The van der Waals surface area contributed by atoms with Crippen molar-refractivity contribution in [1.29, 1.82) is 0 Å². The molecule has 0 saturated heterocycles. The maximum Gasteiger partial charge on any atom is 0.261 e. The Bertz CT molecular complexity index is 655. The number of carbonyl (C=O) groups is 1. The number of methoxy groups -OCH3 is 1. The number of hydrogen-bond donors (Lipinski definition) is 1. The molecule has 3 nitrogen and oxygen atoms in total. The van der Waals surface area contributed by atoms with Gasteiger partial charge in [-0.15, -0.1) is 0 Å². The van der Waals surface area contributed by atoms with Crippen LogP contribution in [0, 0.1) is 25.5 Å². The van der Waals surface area contributed by atoms with Gasteiger partial charge in [-0.2, -0.15) is 0 Å². The molecule has 2 aromatic rings. The van der Waals surface area contributed by atoms with Crippen LogP contribution in [0.25, 0.3) is 0 Å². The van der Waals surface area contributed by atoms with Crippen LogP contribution in [0.3, 0.4) is 0 Å². The Morgan fingerprint density at radius 2 is 1.62 bits per heavy atom. The van der Waals surface area contributed by atoms with Crippen molar-refractivity contribution in [2.45, 2.75) is 13.8 Å². The molecule has 0 aliphatic carbocycles. The molecule has 2 aromatic carbocycles. The predicted octanol–water partition coefficient (Wildman–Crippen LogP) is 3.84. The molecule has 0 heterocycles. The summed E-state index contributed by atoms with van der Waals surface area (Å²) in [5, 5.41) is 2.55. The molecule has 1 amide bonds. The highest BCUT2D eigenvalue weighted by Gasteiger charge is 2.18. The van der Waals surface area contributed by atoms with Crippen molar-refractivity contribution in [3.8, 4) is 5.75 Å². The zero-order valence-electron chi connectivity index (χ0n) is 12.0. The number of carbonyl (C=O) groups excluding carboxylic acids is 1. The van der Waals surface area contributed by atoms with Crippen LogP contribution in [0.5, 0.6) is 5.75 Å². The Balaban J connectivity index is 2.37. The second kappa shape index (κ2) is 5.91. The maximum absolute atomic E-state index is 13.6. The Kier molecular flexibility index (Phi) is 4.21. The number of anilines is 1. The van der Waals surface area contributed by atoms with Crippen LogP contribution in [-0.4, -0.2) is 13.0 Å². The van der Waals surface area contributed by atoms with E-state index in [1.807, 2.05) is 0 Å². The van der Waals surface area contributed by atoms with Crippen LogP contribution in [0.1, 0.15) is 21.5 Å². The number of hydrogen-bond acceptors (Lipinski definition) is 2. The van der Waals surface area contributed by atoms with Crippen molar-refractivity contribution < 1.29 is 18.3 Å². The smallest absolute Gasteiger partial charge is 0.261 e. The molecule has 0 fully saturated rings. The van der Waals surface area contributed by atoms with Gasteiger partial charge in [-0.1, -0.05) is 6.07 Å². The van der Waals surface area contributed by atoms with E-state index in [0.29, 0.717) is 11.4 Å². The minimum Gasteiger partial charge on any atom is -0.497 e. The monoisotopic (exact) mass is 291 g/mol. The van der Waals surface area contributed by atoms with E-state index in [9.17, 15) is 13.6 Å². The lowest BCUT2D eigenvalue weighted by molar-refractivity contribution is 0.101. The van der Waals surface area contributed by atoms with E-state index in [1.165, 1.54) is 6.07 Å². The summed E-state index contributed by atoms with van der Waals surface area (Å²) in [6.07, 6.45) is 0. The van der Waals surface area contributed by atoms with Crippen LogP contribution < -0.4 is 10.1 Å². The summed E-state index contributed by atoms with van der Waals surface area (Å²) in [7, 11) is 1.54. The van der Waals surface area contributed by atoms with Crippen molar-refractivity contribution >= 4 is 11.6 Å². The van der Waals surface area contributed by atoms with Crippen LogP contribution in [0.2, 0.25) is 0 Å². The number of rotatable bonds is 3. The molecule has 0 aliphatic rings. The highest BCUT2D eigenvalue weighted by atomic mass is 19.1. The molecule has 0 saturated carbocycles. The van der Waals surface area contributed by atoms with Gasteiger partial charge < -0.3 is 10.1 Å². The third kappa shape index (κ3) is 3.02. The highest BCUT2D eigenvalue weighted by molar-refractivity contribution is 6.05. The minimum absolute atomic E-state index is 0.517. The number of aryl methyl sites for hydroxylation is 2. The molecule has 0 spiro atoms. The van der Waals surface area contributed by atoms with Crippen LogP contribution in [0.15, 0.2) is 30.3 Å². The summed E-state index contributed by atoms with van der Waals surface area (Å²) in [4.78, 5) is 12.1. The van der Waals surface area contributed by atoms with Gasteiger partial charge >= 0.3 is 0 Å². The molecule has 0 aliphatic heterocycles. The first-order valence-corrected chi connectivity index (χ1v) is 6.34. The molecule has 0 unspecified atom stereocenters. The average molecular weight is 291 g/mol. The molecular formula is C16H15F2NO2. The molecule has 1 N–H and O–H groups in total. The topological polar surface area (TPSA) is 38.3 Å². The normalized spacial score (nSPS) is 10.3. The zero-order chi connectivity index (χ0) is 15.6. The number of ether oxygens (including phenoxy) is 1. The lowest BCUT2D eigenvalue weighted by Gasteiger charge is -2.14. The summed E-state index contributed by atoms with van der Waals surface area (Å²) < 4.78 is 32.3. The quantitative estimate of drug-likeness (QED) is 0.933. The number of nitrogens with one attached hydrogen (secondary N) is 1. The van der Waals surface area contributed by atoms with E-state index in [4.69, 9.17) is 4.74 Å². The SMILES string of the molecule is COc1cc(C)c(NC(=O)c2c(F)cccc2F)c(C)c1. The molecule has 0 atom stereocenters. The highest BCUT2D eigenvalue weighted by Crippen LogP contribution is 2.27. The fraction of sp³-hybridized carbons (Fsp3) is 0.188. The van der Waals surface area contributed by atoms with Gasteiger partial charge in [-0.3, -0.25) is 4.79 Å². The van der Waals surface area contributed by atoms with Gasteiger partial charge in [0.25, 0.3) is 5.91 Å². The van der Waals surface area contributed by atoms with Gasteiger partial charge in [0.05, 0.1) is 7.11 Å². The third-order valence-corrected chi connectivity index (χ3v) is 3.17. The van der Waals surface area contributed by atoms with Crippen molar-refractivity contribution in [1.82, 2.24) is 0 Å². The standard InChI is InChI=1S/C16H15F2NO2/c1-9-7-11(21-3)8-10(2)15(9)19-16(20)14-12(17)5-4-6-13(14)18/h4-8H,1-3H3,(H,19,20). The Morgan fingerprint density at radius 1 is 1.10 bits per heavy atom. The van der Waals surface area contributed by atoms with E-state index >= 15 is 0 Å². The van der Waals surface area contributed by atoms with E-state index in [2.05, 4.69) is 5.32 Å². The first-order chi connectivity index (χ1) is 9.93. The van der Waals surface area contributed by atoms with E-state index < -0.39 is 23.1 Å². The number of benzene rings is 2. The second-order valence-corrected chi connectivity index (χ2v) is 4.69. The second-order valence-electron chi connectivity index (χ2n) is 4.69. The molecule has 2 rings (SSSR count). The fourth-order valence-corrected chi connectivity index (χ4v) is 2.13. The lowest BCUT2D eigenvalue weighted by atomic mass is 10.1. The van der Waals surface area contributed by atoms with Crippen LogP contribution in [-0.2, 0) is 0 Å². The third-order valence-electron chi connectivity index (χ3n) is 3.17. The lowest BCUT2D eigenvalue weighted by Crippen LogP contribution is -2.17. The van der Waals surface area contributed by atoms with Crippen molar-refractivity contribution in [2.75, 3.05) is 12.4 Å². The zero-order valence-corrected chi connectivity index (χ0v) is 12.0. The largest absolute Gasteiger partial charge is 0.497 e. The number of amides is 1. The van der Waals surface area contributed by atoms with Crippen molar-refractivity contribution in [3.63, 3.8) is 0 Å². The first kappa shape index (κ1) is 15.0. The molecule has 5 heteroatoms. The van der Waals surface area contributed by atoms with Gasteiger partial charge in [0, 0.05) is 5.69 Å². The molecular weight excluding hydrogens is 276 g/mol. The summed E-state index contributed by atoms with van der Waals surface area (Å²) in [6, 6.07) is 6.78. The first-order valence-electron chi connectivity index (χ1n) is 6.34. The molecule has 0 radical (unpaired) electrons. The fourth-order valence-electron chi connectivity index (χ4n) is 2.13. The van der Waals surface area contributed by atoms with Crippen LogP contribution in [0.4, 0.5) is 14.5 Å². The summed E-state index contributed by atoms with van der Waals surface area (Å²) in [5.41, 5.74) is 1.42. The Morgan fingerprint density at radius 3 is 2.10 bits per heavy atom. The van der Waals surface area contributed by atoms with Gasteiger partial charge in [0.1, 0.15) is 22.9 Å². The van der Waals surface area contributed by atoms with E-state index in [-0.39, 0.29) is 0 Å². The summed E-state index contributed by atoms with van der Waals surface area (Å²) >= 11 is 0. The van der Waals surface area contributed by atoms with Crippen molar-refractivity contribution in [2.24, 2.45) is 0 Å². The Labute approximate surface area is 121 Å². The van der Waals surface area contributed by atoms with Crippen molar-refractivity contribution in [3.05, 3.63) is 58.7 Å². The Hall–Kier alpha value is -2.43. The molecule has 0 aromatic heterocycles. The van der Waals surface area contributed by atoms with Gasteiger partial charge in [-0.25, -0.2) is 8.78 Å². The van der Waals surface area contributed by atoms with Gasteiger partial charge in [0.2, 0.25) is 0 Å². The predicted molar refractivity (Wildman–Crippen MR) is 76.8 cm³/mol.